The minimum atomic E-state index is -4.02. The summed E-state index contributed by atoms with van der Waals surface area (Å²) in [6, 6.07) is 4.21. The van der Waals surface area contributed by atoms with Crippen LogP contribution in [0.2, 0.25) is 0 Å². The Morgan fingerprint density at radius 2 is 2.09 bits per heavy atom. The van der Waals surface area contributed by atoms with E-state index in [4.69, 9.17) is 14.2 Å². The van der Waals surface area contributed by atoms with Gasteiger partial charge in [0.25, 0.3) is 15.9 Å². The molecule has 8 heteroatoms. The third-order valence-electron chi connectivity index (χ3n) is 3.10. The maximum Gasteiger partial charge on any atom is 0.264 e. The molecule has 7 nitrogen and oxygen atoms in total. The molecule has 1 heterocycles. The number of carbonyl (C=O) groups excluding carboxylic acids is 1. The summed E-state index contributed by atoms with van der Waals surface area (Å²) < 4.78 is 42.6. The highest BCUT2D eigenvalue weighted by Crippen LogP contribution is 2.31. The lowest BCUT2D eigenvalue weighted by molar-refractivity contribution is -0.129. The quantitative estimate of drug-likeness (QED) is 0.783. The van der Waals surface area contributed by atoms with Crippen LogP contribution in [0.3, 0.4) is 0 Å². The molecule has 0 spiro atoms. The third-order valence-corrected chi connectivity index (χ3v) is 4.44. The highest BCUT2D eigenvalue weighted by Gasteiger charge is 2.23. The molecule has 1 N–H and O–H groups in total. The number of ether oxygens (including phenoxy) is 3. The Labute approximate surface area is 135 Å². The van der Waals surface area contributed by atoms with Crippen molar-refractivity contribution in [1.82, 2.24) is 4.72 Å². The predicted molar refractivity (Wildman–Crippen MR) is 83.0 cm³/mol. The second kappa shape index (κ2) is 7.47. The van der Waals surface area contributed by atoms with E-state index in [1.807, 2.05) is 4.72 Å². The lowest BCUT2D eigenvalue weighted by Crippen LogP contribution is -2.38. The SMILES string of the molecule is C=CCO[C@H](C)C(=O)NS(=O)(=O)c1ccc2c(c1)OCCCO2. The van der Waals surface area contributed by atoms with Crippen molar-refractivity contribution in [2.24, 2.45) is 0 Å². The highest BCUT2D eigenvalue weighted by atomic mass is 32.2. The van der Waals surface area contributed by atoms with Gasteiger partial charge in [-0.15, -0.1) is 6.58 Å². The van der Waals surface area contributed by atoms with Crippen molar-refractivity contribution in [2.75, 3.05) is 19.8 Å². The predicted octanol–water partition coefficient (Wildman–Crippen LogP) is 1.24. The zero-order valence-corrected chi connectivity index (χ0v) is 13.6. The van der Waals surface area contributed by atoms with Crippen LogP contribution in [0.25, 0.3) is 0 Å². The lowest BCUT2D eigenvalue weighted by Gasteiger charge is -2.14. The first-order chi connectivity index (χ1) is 10.9. The number of hydrogen-bond acceptors (Lipinski definition) is 6. The number of sulfonamides is 1. The normalized spacial score (nSPS) is 15.3. The smallest absolute Gasteiger partial charge is 0.264 e. The number of fused-ring (bicyclic) bond motifs is 1. The second-order valence-corrected chi connectivity index (χ2v) is 6.58. The van der Waals surface area contributed by atoms with Crippen molar-refractivity contribution in [3.8, 4) is 11.5 Å². The average Bonchev–Trinajstić information content (AvgIpc) is 2.76. The van der Waals surface area contributed by atoms with Gasteiger partial charge in [0.05, 0.1) is 24.7 Å². The van der Waals surface area contributed by atoms with Crippen molar-refractivity contribution >= 4 is 15.9 Å². The first kappa shape index (κ1) is 17.3. The summed E-state index contributed by atoms with van der Waals surface area (Å²) in [4.78, 5) is 11.8. The summed E-state index contributed by atoms with van der Waals surface area (Å²) >= 11 is 0. The van der Waals surface area contributed by atoms with Crippen LogP contribution >= 0.6 is 0 Å². The van der Waals surface area contributed by atoms with Gasteiger partial charge in [-0.2, -0.15) is 0 Å². The molecule has 1 amide bonds. The molecule has 0 aromatic heterocycles. The first-order valence-corrected chi connectivity index (χ1v) is 8.61. The van der Waals surface area contributed by atoms with E-state index in [-0.39, 0.29) is 11.5 Å². The van der Waals surface area contributed by atoms with Gasteiger partial charge in [0, 0.05) is 12.5 Å². The number of hydrogen-bond donors (Lipinski definition) is 1. The summed E-state index contributed by atoms with van der Waals surface area (Å²) in [5.74, 6) is 0.0724. The molecule has 0 radical (unpaired) electrons. The van der Waals surface area contributed by atoms with Gasteiger partial charge in [-0.3, -0.25) is 4.79 Å². The Balaban J connectivity index is 2.14. The molecular formula is C15H19NO6S. The number of amides is 1. The van der Waals surface area contributed by atoms with Gasteiger partial charge in [-0.25, -0.2) is 13.1 Å². The fourth-order valence-corrected chi connectivity index (χ4v) is 2.93. The number of benzene rings is 1. The maximum absolute atomic E-state index is 12.3. The summed E-state index contributed by atoms with van der Waals surface area (Å²) in [6.45, 7) is 6.02. The Bertz CT molecular complexity index is 685. The van der Waals surface area contributed by atoms with E-state index in [1.165, 1.54) is 31.2 Å². The molecular weight excluding hydrogens is 322 g/mol. The molecule has 0 bridgehead atoms. The Morgan fingerprint density at radius 1 is 1.39 bits per heavy atom. The molecule has 0 unspecified atom stereocenters. The van der Waals surface area contributed by atoms with Gasteiger partial charge in [-0.05, 0) is 19.1 Å². The highest BCUT2D eigenvalue weighted by molar-refractivity contribution is 7.90. The lowest BCUT2D eigenvalue weighted by atomic mass is 10.3. The van der Waals surface area contributed by atoms with E-state index in [9.17, 15) is 13.2 Å². The average molecular weight is 341 g/mol. The summed E-state index contributed by atoms with van der Waals surface area (Å²) in [6.07, 6.45) is 1.27. The zero-order chi connectivity index (χ0) is 16.9. The van der Waals surface area contributed by atoms with Crippen molar-refractivity contribution in [2.45, 2.75) is 24.3 Å². The summed E-state index contributed by atoms with van der Waals surface area (Å²) in [7, 11) is -4.02. The van der Waals surface area contributed by atoms with Crippen LogP contribution in [0.5, 0.6) is 11.5 Å². The molecule has 0 fully saturated rings. The van der Waals surface area contributed by atoms with Gasteiger partial charge in [0.1, 0.15) is 6.10 Å². The number of rotatable bonds is 6. The zero-order valence-electron chi connectivity index (χ0n) is 12.8. The standard InChI is InChI=1S/C15H19NO6S/c1-3-7-20-11(2)15(17)16-23(18,19)12-5-6-13-14(10-12)22-9-4-8-21-13/h3,5-6,10-11H,1,4,7-9H2,2H3,(H,16,17)/t11-/m1/s1. The maximum atomic E-state index is 12.3. The minimum Gasteiger partial charge on any atom is -0.490 e. The summed E-state index contributed by atoms with van der Waals surface area (Å²) in [5.41, 5.74) is 0. The molecule has 1 atom stereocenters. The van der Waals surface area contributed by atoms with Gasteiger partial charge in [-0.1, -0.05) is 6.08 Å². The van der Waals surface area contributed by atoms with Crippen LogP contribution < -0.4 is 14.2 Å². The molecule has 0 saturated heterocycles. The summed E-state index contributed by atoms with van der Waals surface area (Å²) in [5, 5.41) is 0. The molecule has 0 aliphatic carbocycles. The van der Waals surface area contributed by atoms with Gasteiger partial charge in [0.15, 0.2) is 11.5 Å². The molecule has 23 heavy (non-hydrogen) atoms. The molecule has 1 aromatic rings. The monoisotopic (exact) mass is 341 g/mol. The minimum absolute atomic E-state index is 0.0778. The fraction of sp³-hybridized carbons (Fsp3) is 0.400. The molecule has 2 rings (SSSR count). The largest absolute Gasteiger partial charge is 0.490 e. The van der Waals surface area contributed by atoms with Gasteiger partial charge >= 0.3 is 0 Å². The second-order valence-electron chi connectivity index (χ2n) is 4.89. The molecule has 1 aliphatic rings. The van der Waals surface area contributed by atoms with E-state index in [1.54, 1.807) is 0 Å². The number of nitrogens with one attached hydrogen (secondary N) is 1. The van der Waals surface area contributed by atoms with E-state index in [0.29, 0.717) is 31.1 Å². The van der Waals surface area contributed by atoms with Crippen LogP contribution in [0.4, 0.5) is 0 Å². The van der Waals surface area contributed by atoms with Crippen molar-refractivity contribution < 1.29 is 27.4 Å². The van der Waals surface area contributed by atoms with Crippen molar-refractivity contribution in [1.29, 1.82) is 0 Å². The van der Waals surface area contributed by atoms with Crippen LogP contribution in [0.1, 0.15) is 13.3 Å². The first-order valence-electron chi connectivity index (χ1n) is 7.13. The van der Waals surface area contributed by atoms with Crippen LogP contribution in [-0.4, -0.2) is 40.2 Å². The number of carbonyl (C=O) groups is 1. The van der Waals surface area contributed by atoms with Crippen LogP contribution in [0.15, 0.2) is 35.7 Å². The molecule has 126 valence electrons. The Hall–Kier alpha value is -2.06. The third kappa shape index (κ3) is 4.46. The van der Waals surface area contributed by atoms with E-state index in [0.717, 1.165) is 0 Å². The molecule has 1 aliphatic heterocycles. The topological polar surface area (TPSA) is 90.9 Å². The van der Waals surface area contributed by atoms with Gasteiger partial charge in [0.2, 0.25) is 0 Å². The van der Waals surface area contributed by atoms with Crippen LogP contribution in [0, 0.1) is 0 Å². The van der Waals surface area contributed by atoms with Crippen molar-refractivity contribution in [3.63, 3.8) is 0 Å². The molecule has 1 aromatic carbocycles. The Kier molecular flexibility index (Phi) is 5.62. The van der Waals surface area contributed by atoms with E-state index >= 15 is 0 Å². The fourth-order valence-electron chi connectivity index (χ4n) is 1.87. The van der Waals surface area contributed by atoms with Crippen LogP contribution in [-0.2, 0) is 19.6 Å². The Morgan fingerprint density at radius 3 is 2.78 bits per heavy atom. The van der Waals surface area contributed by atoms with Gasteiger partial charge < -0.3 is 14.2 Å². The van der Waals surface area contributed by atoms with Crippen molar-refractivity contribution in [3.05, 3.63) is 30.9 Å². The molecule has 0 saturated carbocycles. The van der Waals surface area contributed by atoms with E-state index < -0.39 is 22.0 Å². The van der Waals surface area contributed by atoms with E-state index in [2.05, 4.69) is 6.58 Å².